The van der Waals surface area contributed by atoms with E-state index in [2.05, 4.69) is 22.6 Å². The van der Waals surface area contributed by atoms with Crippen LogP contribution in [0.15, 0.2) is 18.2 Å². The largest absolute Gasteiger partial charge is 0.480 e. The third-order valence-electron chi connectivity index (χ3n) is 2.52. The van der Waals surface area contributed by atoms with Crippen molar-refractivity contribution in [2.75, 3.05) is 4.90 Å². The third-order valence-corrected chi connectivity index (χ3v) is 4.09. The second-order valence-corrected chi connectivity index (χ2v) is 7.03. The van der Waals surface area contributed by atoms with E-state index in [4.69, 9.17) is 16.3 Å². The summed E-state index contributed by atoms with van der Waals surface area (Å²) in [7, 11) is 0. The summed E-state index contributed by atoms with van der Waals surface area (Å²) < 4.78 is 6.08. The molecule has 0 aliphatic rings. The molecule has 0 heterocycles. The standard InChI is InChI=1S/C14H17ClINO4/c1-8(12(18)19)17(13(20)21-14(2,3)4)9-5-6-11(16)10(15)7-9/h5-8H,1-4H3,(H,18,19). The molecule has 1 aromatic rings. The van der Waals surface area contributed by atoms with Gasteiger partial charge in [-0.25, -0.2) is 9.59 Å². The van der Waals surface area contributed by atoms with Gasteiger partial charge in [0, 0.05) is 9.26 Å². The van der Waals surface area contributed by atoms with E-state index in [0.717, 1.165) is 8.47 Å². The van der Waals surface area contributed by atoms with Crippen molar-refractivity contribution >= 4 is 51.9 Å². The first-order valence-corrected chi connectivity index (χ1v) is 7.68. The van der Waals surface area contributed by atoms with Crippen LogP contribution >= 0.6 is 34.2 Å². The second kappa shape index (κ2) is 6.83. The lowest BCUT2D eigenvalue weighted by Crippen LogP contribution is -2.46. The molecule has 116 valence electrons. The smallest absolute Gasteiger partial charge is 0.415 e. The number of carbonyl (C=O) groups is 2. The van der Waals surface area contributed by atoms with Crippen molar-refractivity contribution in [1.29, 1.82) is 0 Å². The van der Waals surface area contributed by atoms with Gasteiger partial charge in [0.05, 0.1) is 5.02 Å². The topological polar surface area (TPSA) is 66.8 Å². The van der Waals surface area contributed by atoms with Crippen molar-refractivity contribution in [1.82, 2.24) is 0 Å². The summed E-state index contributed by atoms with van der Waals surface area (Å²) >= 11 is 8.10. The highest BCUT2D eigenvalue weighted by molar-refractivity contribution is 14.1. The molecule has 21 heavy (non-hydrogen) atoms. The van der Waals surface area contributed by atoms with Crippen LogP contribution in [0, 0.1) is 3.57 Å². The Morgan fingerprint density at radius 3 is 2.38 bits per heavy atom. The minimum absolute atomic E-state index is 0.379. The number of amides is 1. The Bertz CT molecular complexity index is 556. The SMILES string of the molecule is CC(C(=O)O)N(C(=O)OC(C)(C)C)c1ccc(I)c(Cl)c1. The van der Waals surface area contributed by atoms with Crippen LogP contribution in [0.4, 0.5) is 10.5 Å². The van der Waals surface area contributed by atoms with E-state index < -0.39 is 23.7 Å². The predicted molar refractivity (Wildman–Crippen MR) is 90.0 cm³/mol. The Balaban J connectivity index is 3.22. The summed E-state index contributed by atoms with van der Waals surface area (Å²) in [5.74, 6) is -1.13. The molecule has 1 N–H and O–H groups in total. The normalized spacial score (nSPS) is 12.7. The van der Waals surface area contributed by atoms with E-state index >= 15 is 0 Å². The fourth-order valence-electron chi connectivity index (χ4n) is 1.54. The third kappa shape index (κ3) is 5.03. The van der Waals surface area contributed by atoms with Gasteiger partial charge in [-0.05, 0) is 68.5 Å². The molecule has 5 nitrogen and oxygen atoms in total. The number of benzene rings is 1. The van der Waals surface area contributed by atoms with Gasteiger partial charge in [-0.1, -0.05) is 11.6 Å². The van der Waals surface area contributed by atoms with Gasteiger partial charge in [0.1, 0.15) is 11.6 Å². The maximum atomic E-state index is 12.3. The highest BCUT2D eigenvalue weighted by Gasteiger charge is 2.31. The molecule has 0 aliphatic carbocycles. The van der Waals surface area contributed by atoms with Crippen LogP contribution < -0.4 is 4.90 Å². The van der Waals surface area contributed by atoms with E-state index in [0.29, 0.717) is 10.7 Å². The molecular weight excluding hydrogens is 409 g/mol. The first-order chi connectivity index (χ1) is 9.53. The molecule has 0 aliphatic heterocycles. The molecule has 0 saturated carbocycles. The summed E-state index contributed by atoms with van der Waals surface area (Å²) in [5.41, 5.74) is -0.342. The molecule has 0 bridgehead atoms. The summed E-state index contributed by atoms with van der Waals surface area (Å²) in [6, 6.07) is 3.82. The predicted octanol–water partition coefficient (Wildman–Crippen LogP) is 4.16. The van der Waals surface area contributed by atoms with Crippen LogP contribution in [0.3, 0.4) is 0 Å². The molecule has 1 unspecified atom stereocenters. The van der Waals surface area contributed by atoms with Crippen molar-refractivity contribution in [2.45, 2.75) is 39.3 Å². The van der Waals surface area contributed by atoms with Crippen molar-refractivity contribution in [2.24, 2.45) is 0 Å². The number of aliphatic carboxylic acids is 1. The zero-order valence-electron chi connectivity index (χ0n) is 12.2. The zero-order valence-corrected chi connectivity index (χ0v) is 15.1. The molecule has 0 spiro atoms. The maximum absolute atomic E-state index is 12.3. The number of anilines is 1. The number of hydrogen-bond acceptors (Lipinski definition) is 3. The number of ether oxygens (including phenoxy) is 1. The summed E-state index contributed by atoms with van der Waals surface area (Å²) in [6.07, 6.45) is -0.727. The highest BCUT2D eigenvalue weighted by atomic mass is 127. The quantitative estimate of drug-likeness (QED) is 0.739. The summed E-state index contributed by atoms with van der Waals surface area (Å²) in [6.45, 7) is 6.57. The van der Waals surface area contributed by atoms with Crippen molar-refractivity contribution in [3.8, 4) is 0 Å². The lowest BCUT2D eigenvalue weighted by molar-refractivity contribution is -0.138. The summed E-state index contributed by atoms with van der Waals surface area (Å²) in [5, 5.41) is 9.64. The molecular formula is C14H17ClINO4. The highest BCUT2D eigenvalue weighted by Crippen LogP contribution is 2.27. The zero-order chi connectivity index (χ0) is 16.4. The Hall–Kier alpha value is -1.02. The first-order valence-electron chi connectivity index (χ1n) is 6.23. The van der Waals surface area contributed by atoms with E-state index in [9.17, 15) is 14.7 Å². The number of halogens is 2. The molecule has 7 heteroatoms. The minimum atomic E-state index is -1.13. The van der Waals surface area contributed by atoms with Crippen LogP contribution in [0.5, 0.6) is 0 Å². The number of rotatable bonds is 3. The van der Waals surface area contributed by atoms with Gasteiger partial charge < -0.3 is 9.84 Å². The number of nitrogens with zero attached hydrogens (tertiary/aromatic N) is 1. The monoisotopic (exact) mass is 425 g/mol. The Morgan fingerprint density at radius 1 is 1.38 bits per heavy atom. The van der Waals surface area contributed by atoms with Crippen LogP contribution in [0.2, 0.25) is 5.02 Å². The number of carbonyl (C=O) groups excluding carboxylic acids is 1. The average Bonchev–Trinajstić information content (AvgIpc) is 2.31. The van der Waals surface area contributed by atoms with E-state index in [1.807, 2.05) is 0 Å². The molecule has 0 fully saturated rings. The van der Waals surface area contributed by atoms with Crippen LogP contribution in [-0.4, -0.2) is 28.8 Å². The van der Waals surface area contributed by atoms with E-state index in [-0.39, 0.29) is 0 Å². The lowest BCUT2D eigenvalue weighted by Gasteiger charge is -2.30. The van der Waals surface area contributed by atoms with Crippen LogP contribution in [0.25, 0.3) is 0 Å². The van der Waals surface area contributed by atoms with E-state index in [1.165, 1.54) is 6.92 Å². The molecule has 1 amide bonds. The van der Waals surface area contributed by atoms with Crippen molar-refractivity contribution < 1.29 is 19.4 Å². The van der Waals surface area contributed by atoms with Gasteiger partial charge in [-0.15, -0.1) is 0 Å². The maximum Gasteiger partial charge on any atom is 0.415 e. The Morgan fingerprint density at radius 2 is 1.95 bits per heavy atom. The Labute approximate surface area is 142 Å². The average molecular weight is 426 g/mol. The lowest BCUT2D eigenvalue weighted by atomic mass is 10.2. The van der Waals surface area contributed by atoms with Gasteiger partial charge >= 0.3 is 12.1 Å². The number of carboxylic acids is 1. The van der Waals surface area contributed by atoms with Crippen LogP contribution in [0.1, 0.15) is 27.7 Å². The van der Waals surface area contributed by atoms with Gasteiger partial charge in [0.15, 0.2) is 0 Å². The molecule has 1 rings (SSSR count). The number of carboxylic acid groups (broad SMARTS) is 1. The first kappa shape index (κ1) is 18.0. The molecule has 0 radical (unpaired) electrons. The van der Waals surface area contributed by atoms with Gasteiger partial charge in [0.2, 0.25) is 0 Å². The molecule has 0 saturated heterocycles. The van der Waals surface area contributed by atoms with Gasteiger partial charge in [-0.3, -0.25) is 4.90 Å². The molecule has 1 atom stereocenters. The number of hydrogen-bond donors (Lipinski definition) is 1. The fraction of sp³-hybridized carbons (Fsp3) is 0.429. The van der Waals surface area contributed by atoms with Gasteiger partial charge in [-0.2, -0.15) is 0 Å². The molecule has 0 aromatic heterocycles. The Kier molecular flexibility index (Phi) is 5.86. The van der Waals surface area contributed by atoms with Gasteiger partial charge in [0.25, 0.3) is 0 Å². The second-order valence-electron chi connectivity index (χ2n) is 5.46. The minimum Gasteiger partial charge on any atom is -0.480 e. The van der Waals surface area contributed by atoms with Crippen LogP contribution in [-0.2, 0) is 9.53 Å². The van der Waals surface area contributed by atoms with E-state index in [1.54, 1.807) is 39.0 Å². The fourth-order valence-corrected chi connectivity index (χ4v) is 2.05. The molecule has 1 aromatic carbocycles. The van der Waals surface area contributed by atoms with Crippen molar-refractivity contribution in [3.63, 3.8) is 0 Å². The summed E-state index contributed by atoms with van der Waals surface area (Å²) in [4.78, 5) is 24.6. The van der Waals surface area contributed by atoms with Crippen molar-refractivity contribution in [3.05, 3.63) is 26.8 Å².